The maximum absolute atomic E-state index is 11.7. The number of carbonyl (C=O) groups excluding carboxylic acids is 1. The number of nitrogens with two attached hydrogens (primary N) is 1. The van der Waals surface area contributed by atoms with Crippen molar-refractivity contribution >= 4 is 5.91 Å². The zero-order valence-electron chi connectivity index (χ0n) is 8.62. The lowest BCUT2D eigenvalue weighted by Gasteiger charge is -2.23. The van der Waals surface area contributed by atoms with E-state index in [0.29, 0.717) is 5.92 Å². The second kappa shape index (κ2) is 4.61. The molecule has 76 valence electrons. The lowest BCUT2D eigenvalue weighted by molar-refractivity contribution is -0.132. The summed E-state index contributed by atoms with van der Waals surface area (Å²) < 4.78 is 0. The quantitative estimate of drug-likeness (QED) is 0.710. The molecule has 1 unspecified atom stereocenters. The molecule has 2 N–H and O–H groups in total. The van der Waals surface area contributed by atoms with Crippen LogP contribution < -0.4 is 5.73 Å². The molecule has 1 aliphatic rings. The second-order valence-corrected chi connectivity index (χ2v) is 3.94. The number of hydrogen-bond acceptors (Lipinski definition) is 2. The minimum atomic E-state index is -0.289. The molecule has 0 saturated carbocycles. The number of rotatable bonds is 3. The van der Waals surface area contributed by atoms with E-state index in [1.165, 1.54) is 0 Å². The molecule has 0 bridgehead atoms. The molecule has 0 aromatic rings. The molecule has 3 heteroatoms. The second-order valence-electron chi connectivity index (χ2n) is 3.94. The van der Waals surface area contributed by atoms with Gasteiger partial charge < -0.3 is 10.6 Å². The summed E-state index contributed by atoms with van der Waals surface area (Å²) in [6.07, 6.45) is 3.25. The summed E-state index contributed by atoms with van der Waals surface area (Å²) in [5.74, 6) is 0.444. The first kappa shape index (κ1) is 10.5. The average molecular weight is 184 g/mol. The number of likely N-dealkylation sites (tertiary alicyclic amines) is 1. The van der Waals surface area contributed by atoms with Crippen molar-refractivity contribution in [2.75, 3.05) is 13.1 Å². The van der Waals surface area contributed by atoms with Crippen LogP contribution in [-0.4, -0.2) is 29.9 Å². The molecule has 1 aliphatic heterocycles. The highest BCUT2D eigenvalue weighted by Gasteiger charge is 2.26. The molecule has 1 rings (SSSR count). The van der Waals surface area contributed by atoms with Crippen molar-refractivity contribution in [3.63, 3.8) is 0 Å². The Morgan fingerprint density at radius 1 is 1.46 bits per heavy atom. The lowest BCUT2D eigenvalue weighted by Crippen LogP contribution is -2.45. The van der Waals surface area contributed by atoms with Crippen LogP contribution in [0.2, 0.25) is 0 Å². The zero-order valence-corrected chi connectivity index (χ0v) is 8.62. The van der Waals surface area contributed by atoms with E-state index in [4.69, 9.17) is 5.73 Å². The van der Waals surface area contributed by atoms with Crippen LogP contribution >= 0.6 is 0 Å². The van der Waals surface area contributed by atoms with Gasteiger partial charge in [-0.05, 0) is 18.8 Å². The third-order valence-electron chi connectivity index (χ3n) is 2.96. The van der Waals surface area contributed by atoms with Crippen LogP contribution in [0.3, 0.4) is 0 Å². The number of hydrogen-bond donors (Lipinski definition) is 1. The molecule has 0 aliphatic carbocycles. The topological polar surface area (TPSA) is 46.3 Å². The standard InChI is InChI=1S/C10H20N2O/c1-3-8(2)9(11)10(13)12-6-4-5-7-12/h8-9H,3-7,11H2,1-2H3/t8?,9-/m0/s1. The molecule has 1 fully saturated rings. The van der Waals surface area contributed by atoms with Crippen LogP contribution in [0.1, 0.15) is 33.1 Å². The molecule has 1 amide bonds. The fourth-order valence-corrected chi connectivity index (χ4v) is 1.65. The van der Waals surface area contributed by atoms with Crippen LogP contribution in [0.25, 0.3) is 0 Å². The van der Waals surface area contributed by atoms with Gasteiger partial charge in [0, 0.05) is 13.1 Å². The third kappa shape index (κ3) is 2.44. The van der Waals surface area contributed by atoms with E-state index in [1.807, 2.05) is 11.8 Å². The molecule has 1 heterocycles. The zero-order chi connectivity index (χ0) is 9.84. The highest BCUT2D eigenvalue weighted by Crippen LogP contribution is 2.13. The number of carbonyl (C=O) groups is 1. The molecule has 2 atom stereocenters. The van der Waals surface area contributed by atoms with Crippen molar-refractivity contribution in [2.45, 2.75) is 39.2 Å². The molecule has 13 heavy (non-hydrogen) atoms. The summed E-state index contributed by atoms with van der Waals surface area (Å²) in [6, 6.07) is -0.289. The van der Waals surface area contributed by atoms with Gasteiger partial charge in [0.25, 0.3) is 0 Å². The summed E-state index contributed by atoms with van der Waals surface area (Å²) in [4.78, 5) is 13.6. The van der Waals surface area contributed by atoms with Gasteiger partial charge in [-0.1, -0.05) is 20.3 Å². The smallest absolute Gasteiger partial charge is 0.239 e. The third-order valence-corrected chi connectivity index (χ3v) is 2.96. The van der Waals surface area contributed by atoms with E-state index in [9.17, 15) is 4.79 Å². The predicted octanol–water partition coefficient (Wildman–Crippen LogP) is 0.982. The van der Waals surface area contributed by atoms with Crippen molar-refractivity contribution in [3.05, 3.63) is 0 Å². The van der Waals surface area contributed by atoms with Gasteiger partial charge in [0.15, 0.2) is 0 Å². The molecular weight excluding hydrogens is 164 g/mol. The van der Waals surface area contributed by atoms with Gasteiger partial charge in [0.05, 0.1) is 6.04 Å². The molecule has 0 aromatic carbocycles. The molecule has 0 aromatic heterocycles. The van der Waals surface area contributed by atoms with Gasteiger partial charge >= 0.3 is 0 Å². The molecule has 1 saturated heterocycles. The Labute approximate surface area is 80.3 Å². The summed E-state index contributed by atoms with van der Waals surface area (Å²) >= 11 is 0. The average Bonchev–Trinajstić information content (AvgIpc) is 2.67. The first-order chi connectivity index (χ1) is 6.16. The van der Waals surface area contributed by atoms with E-state index in [0.717, 1.165) is 32.4 Å². The Morgan fingerprint density at radius 3 is 2.46 bits per heavy atom. The number of nitrogens with zero attached hydrogens (tertiary/aromatic N) is 1. The Morgan fingerprint density at radius 2 is 2.00 bits per heavy atom. The molecule has 3 nitrogen and oxygen atoms in total. The minimum Gasteiger partial charge on any atom is -0.341 e. The van der Waals surface area contributed by atoms with Crippen molar-refractivity contribution < 1.29 is 4.79 Å². The molecular formula is C10H20N2O. The van der Waals surface area contributed by atoms with Gasteiger partial charge in [-0.15, -0.1) is 0 Å². The number of amides is 1. The summed E-state index contributed by atoms with van der Waals surface area (Å²) in [6.45, 7) is 5.92. The first-order valence-corrected chi connectivity index (χ1v) is 5.21. The maximum atomic E-state index is 11.7. The Bertz CT molecular complexity index is 176. The van der Waals surface area contributed by atoms with Gasteiger partial charge in [0.1, 0.15) is 0 Å². The SMILES string of the molecule is CCC(C)[C@H](N)C(=O)N1CCCC1. The van der Waals surface area contributed by atoms with Crippen molar-refractivity contribution in [1.29, 1.82) is 0 Å². The van der Waals surface area contributed by atoms with Crippen LogP contribution in [0.4, 0.5) is 0 Å². The first-order valence-electron chi connectivity index (χ1n) is 5.21. The van der Waals surface area contributed by atoms with E-state index >= 15 is 0 Å². The van der Waals surface area contributed by atoms with E-state index in [1.54, 1.807) is 0 Å². The maximum Gasteiger partial charge on any atom is 0.239 e. The minimum absolute atomic E-state index is 0.145. The van der Waals surface area contributed by atoms with Gasteiger partial charge in [0.2, 0.25) is 5.91 Å². The Balaban J connectivity index is 2.45. The highest BCUT2D eigenvalue weighted by atomic mass is 16.2. The van der Waals surface area contributed by atoms with Gasteiger partial charge in [-0.3, -0.25) is 4.79 Å². The van der Waals surface area contributed by atoms with E-state index in [2.05, 4.69) is 6.92 Å². The van der Waals surface area contributed by atoms with E-state index < -0.39 is 0 Å². The predicted molar refractivity (Wildman–Crippen MR) is 53.2 cm³/mol. The van der Waals surface area contributed by atoms with Crippen molar-refractivity contribution in [3.8, 4) is 0 Å². The Kier molecular flexibility index (Phi) is 3.72. The fraction of sp³-hybridized carbons (Fsp3) is 0.900. The van der Waals surface area contributed by atoms with Gasteiger partial charge in [-0.2, -0.15) is 0 Å². The van der Waals surface area contributed by atoms with Crippen LogP contribution in [-0.2, 0) is 4.79 Å². The van der Waals surface area contributed by atoms with Crippen LogP contribution in [0, 0.1) is 5.92 Å². The normalized spacial score (nSPS) is 21.6. The van der Waals surface area contributed by atoms with Crippen molar-refractivity contribution in [1.82, 2.24) is 4.90 Å². The monoisotopic (exact) mass is 184 g/mol. The summed E-state index contributed by atoms with van der Waals surface area (Å²) in [7, 11) is 0. The summed E-state index contributed by atoms with van der Waals surface area (Å²) in [5.41, 5.74) is 5.86. The lowest BCUT2D eigenvalue weighted by atomic mass is 9.99. The van der Waals surface area contributed by atoms with E-state index in [-0.39, 0.29) is 11.9 Å². The largest absolute Gasteiger partial charge is 0.341 e. The highest BCUT2D eigenvalue weighted by molar-refractivity contribution is 5.82. The van der Waals surface area contributed by atoms with Gasteiger partial charge in [-0.25, -0.2) is 0 Å². The molecule has 0 spiro atoms. The fourth-order valence-electron chi connectivity index (χ4n) is 1.65. The van der Waals surface area contributed by atoms with Crippen LogP contribution in [0.5, 0.6) is 0 Å². The molecule has 0 radical (unpaired) electrons. The van der Waals surface area contributed by atoms with Crippen molar-refractivity contribution in [2.24, 2.45) is 11.7 Å². The van der Waals surface area contributed by atoms with Crippen LogP contribution in [0.15, 0.2) is 0 Å². The Hall–Kier alpha value is -0.570. The summed E-state index contributed by atoms with van der Waals surface area (Å²) in [5, 5.41) is 0.